The van der Waals surface area contributed by atoms with Gasteiger partial charge in [0.25, 0.3) is 0 Å². The highest BCUT2D eigenvalue weighted by Crippen LogP contribution is 2.46. The molecule has 0 atom stereocenters. The summed E-state index contributed by atoms with van der Waals surface area (Å²) in [6.45, 7) is 16.5. The highest BCUT2D eigenvalue weighted by atomic mass is 16.7. The van der Waals surface area contributed by atoms with Crippen LogP contribution in [0.2, 0.25) is 0 Å². The van der Waals surface area contributed by atoms with Gasteiger partial charge < -0.3 is 23.4 Å². The molecule has 0 aliphatic carbocycles. The average Bonchev–Trinajstić information content (AvgIpc) is 3.11. The van der Waals surface area contributed by atoms with Gasteiger partial charge in [0.15, 0.2) is 0 Å². The molecule has 0 bridgehead atoms. The first kappa shape index (κ1) is 25.1. The molecular weight excluding hydrogens is 426 g/mol. The summed E-state index contributed by atoms with van der Waals surface area (Å²) >= 11 is 0. The maximum atomic E-state index is 6.58. The van der Waals surface area contributed by atoms with Crippen LogP contribution in [0.4, 0.5) is 0 Å². The summed E-state index contributed by atoms with van der Waals surface area (Å²) in [5.41, 5.74) is 1.81. The van der Waals surface area contributed by atoms with E-state index in [1.54, 1.807) is 7.11 Å². The summed E-state index contributed by atoms with van der Waals surface area (Å²) < 4.78 is 31.7. The van der Waals surface area contributed by atoms with Crippen LogP contribution in [0.15, 0.2) is 54.6 Å². The molecule has 4 rings (SSSR count). The molecule has 0 N–H and O–H groups in total. The van der Waals surface area contributed by atoms with Crippen LogP contribution in [-0.4, -0.2) is 43.8 Å². The van der Waals surface area contributed by atoms with E-state index in [4.69, 9.17) is 23.4 Å². The third kappa shape index (κ3) is 4.35. The number of rotatable bonds is 5. The van der Waals surface area contributed by atoms with Crippen LogP contribution < -0.4 is 4.74 Å². The van der Waals surface area contributed by atoms with Crippen molar-refractivity contribution in [1.29, 1.82) is 0 Å². The van der Waals surface area contributed by atoms with Crippen molar-refractivity contribution >= 4 is 25.2 Å². The van der Waals surface area contributed by atoms with Crippen LogP contribution in [0.25, 0.3) is 10.9 Å². The van der Waals surface area contributed by atoms with Gasteiger partial charge in [-0.15, -0.1) is 0 Å². The molecule has 2 aromatic carbocycles. The van der Waals surface area contributed by atoms with E-state index in [0.29, 0.717) is 0 Å². The first-order valence-corrected chi connectivity index (χ1v) is 11.9. The average molecular weight is 462 g/mol. The highest BCUT2D eigenvalue weighted by Gasteiger charge is 2.57. The number of benzene rings is 2. The molecule has 5 nitrogen and oxygen atoms in total. The molecule has 2 fully saturated rings. The zero-order valence-corrected chi connectivity index (χ0v) is 21.9. The topological polar surface area (TPSA) is 46.2 Å². The molecule has 2 heterocycles. The predicted molar refractivity (Wildman–Crippen MR) is 138 cm³/mol. The summed E-state index contributed by atoms with van der Waals surface area (Å²) in [6, 6.07) is 18.2. The van der Waals surface area contributed by atoms with Gasteiger partial charge in [-0.25, -0.2) is 0 Å². The molecule has 34 heavy (non-hydrogen) atoms. The van der Waals surface area contributed by atoms with Gasteiger partial charge in [-0.3, -0.25) is 0 Å². The van der Waals surface area contributed by atoms with Gasteiger partial charge in [0.1, 0.15) is 5.75 Å². The molecule has 0 unspecified atom stereocenters. The molecule has 0 saturated carbocycles. The van der Waals surface area contributed by atoms with Crippen molar-refractivity contribution in [1.82, 2.24) is 0 Å². The molecule has 2 aliphatic rings. The molecule has 2 saturated heterocycles. The normalized spacial score (nSPS) is 23.1. The second-order valence-electron chi connectivity index (χ2n) is 11.1. The Labute approximate surface area is 205 Å². The van der Waals surface area contributed by atoms with E-state index in [-0.39, 0.29) is 0 Å². The fraction of sp³-hybridized carbons (Fsp3) is 0.481. The molecule has 0 radical (unpaired) electrons. The summed E-state index contributed by atoms with van der Waals surface area (Å²) in [5.74, 6) is 0.786. The second kappa shape index (κ2) is 8.56. The van der Waals surface area contributed by atoms with E-state index in [1.807, 2.05) is 42.5 Å². The van der Waals surface area contributed by atoms with Gasteiger partial charge in [0, 0.05) is 0 Å². The van der Waals surface area contributed by atoms with Crippen LogP contribution in [-0.2, 0) is 18.6 Å². The third-order valence-electron chi connectivity index (χ3n) is 7.75. The number of hydrogen-bond donors (Lipinski definition) is 0. The first-order valence-electron chi connectivity index (χ1n) is 11.9. The SMILES string of the molecule is COc1ccc(/C(B2OC(C)(C)C(C)(C)O2)=C(/B2OC(C)(C)C(C)(C)O2)c2ccccc2)cc1. The number of ether oxygens (including phenoxy) is 1. The summed E-state index contributed by atoms with van der Waals surface area (Å²) in [4.78, 5) is 0. The Hall–Kier alpha value is -2.05. The van der Waals surface area contributed by atoms with Crippen LogP contribution in [0.1, 0.15) is 66.5 Å². The molecule has 2 aromatic rings. The van der Waals surface area contributed by atoms with E-state index >= 15 is 0 Å². The second-order valence-corrected chi connectivity index (χ2v) is 11.1. The predicted octanol–water partition coefficient (Wildman–Crippen LogP) is 5.87. The summed E-state index contributed by atoms with van der Waals surface area (Å²) in [6.07, 6.45) is 0. The maximum Gasteiger partial charge on any atom is 0.495 e. The van der Waals surface area contributed by atoms with Gasteiger partial charge >= 0.3 is 14.2 Å². The van der Waals surface area contributed by atoms with Crippen molar-refractivity contribution in [2.45, 2.75) is 77.8 Å². The van der Waals surface area contributed by atoms with E-state index in [0.717, 1.165) is 27.8 Å². The molecule has 0 amide bonds. The summed E-state index contributed by atoms with van der Waals surface area (Å²) in [7, 11) is 0.468. The highest BCUT2D eigenvalue weighted by molar-refractivity contribution is 6.82. The Bertz CT molecular complexity index is 1030. The minimum atomic E-state index is -0.604. The molecular formula is C27H36B2O5. The third-order valence-corrected chi connectivity index (χ3v) is 7.75. The maximum absolute atomic E-state index is 6.58. The number of methoxy groups -OCH3 is 1. The Morgan fingerprint density at radius 3 is 1.26 bits per heavy atom. The van der Waals surface area contributed by atoms with Gasteiger partial charge in [-0.2, -0.15) is 0 Å². The summed E-state index contributed by atoms with van der Waals surface area (Å²) in [5, 5.41) is 0. The van der Waals surface area contributed by atoms with Crippen LogP contribution >= 0.6 is 0 Å². The monoisotopic (exact) mass is 462 g/mol. The van der Waals surface area contributed by atoms with E-state index < -0.39 is 36.6 Å². The Morgan fingerprint density at radius 1 is 0.559 bits per heavy atom. The first-order chi connectivity index (χ1) is 15.8. The zero-order chi connectivity index (χ0) is 24.9. The lowest BCUT2D eigenvalue weighted by atomic mass is 9.60. The Morgan fingerprint density at radius 2 is 0.912 bits per heavy atom. The molecule has 180 valence electrons. The van der Waals surface area contributed by atoms with Crippen molar-refractivity contribution in [3.8, 4) is 5.75 Å². The number of hydrogen-bond acceptors (Lipinski definition) is 5. The van der Waals surface area contributed by atoms with Crippen LogP contribution in [0.3, 0.4) is 0 Å². The van der Waals surface area contributed by atoms with Crippen molar-refractivity contribution < 1.29 is 23.4 Å². The van der Waals surface area contributed by atoms with Gasteiger partial charge in [0.05, 0.1) is 29.5 Å². The quantitative estimate of drug-likeness (QED) is 0.411. The van der Waals surface area contributed by atoms with Gasteiger partial charge in [0.2, 0.25) is 0 Å². The Kier molecular flexibility index (Phi) is 6.31. The zero-order valence-electron chi connectivity index (χ0n) is 21.9. The van der Waals surface area contributed by atoms with Gasteiger partial charge in [-0.1, -0.05) is 42.5 Å². The van der Waals surface area contributed by atoms with Crippen molar-refractivity contribution in [3.63, 3.8) is 0 Å². The van der Waals surface area contributed by atoms with Crippen molar-refractivity contribution in [2.24, 2.45) is 0 Å². The minimum absolute atomic E-state index is 0.487. The largest absolute Gasteiger partial charge is 0.497 e. The smallest absolute Gasteiger partial charge is 0.495 e. The fourth-order valence-corrected chi connectivity index (χ4v) is 4.15. The lowest BCUT2D eigenvalue weighted by Crippen LogP contribution is -2.41. The molecule has 2 aliphatic heterocycles. The van der Waals surface area contributed by atoms with E-state index in [2.05, 4.69) is 67.5 Å². The minimum Gasteiger partial charge on any atom is -0.497 e. The fourth-order valence-electron chi connectivity index (χ4n) is 4.15. The van der Waals surface area contributed by atoms with E-state index in [1.165, 1.54) is 0 Å². The lowest BCUT2D eigenvalue weighted by Gasteiger charge is -2.32. The lowest BCUT2D eigenvalue weighted by molar-refractivity contribution is 0.00578. The standard InChI is InChI=1S/C27H36B2O5/c1-24(2)25(3,4)32-28(31-24)22(19-13-11-10-12-14-19)23(20-15-17-21(30-9)18-16-20)29-33-26(5,6)27(7,8)34-29/h10-18H,1-9H3/b23-22-. The van der Waals surface area contributed by atoms with Crippen LogP contribution in [0.5, 0.6) is 5.75 Å². The Balaban J connectivity index is 1.96. The van der Waals surface area contributed by atoms with Gasteiger partial charge in [-0.05, 0) is 89.6 Å². The van der Waals surface area contributed by atoms with Crippen molar-refractivity contribution in [3.05, 3.63) is 65.7 Å². The van der Waals surface area contributed by atoms with Crippen LogP contribution in [0, 0.1) is 0 Å². The molecule has 0 aromatic heterocycles. The molecule has 0 spiro atoms. The van der Waals surface area contributed by atoms with E-state index in [9.17, 15) is 0 Å². The molecule has 7 heteroatoms. The van der Waals surface area contributed by atoms with Crippen molar-refractivity contribution in [2.75, 3.05) is 7.11 Å².